The molecule has 0 unspecified atom stereocenters. The molecule has 1 fully saturated rings. The Morgan fingerprint density at radius 2 is 1.84 bits per heavy atom. The number of amides is 1. The van der Waals surface area contributed by atoms with E-state index in [1.54, 1.807) is 0 Å². The van der Waals surface area contributed by atoms with Crippen molar-refractivity contribution in [3.63, 3.8) is 0 Å². The summed E-state index contributed by atoms with van der Waals surface area (Å²) in [5, 5.41) is 6.62. The normalized spacial score (nSPS) is 17.0. The van der Waals surface area contributed by atoms with Crippen molar-refractivity contribution in [2.45, 2.75) is 24.7 Å². The van der Waals surface area contributed by atoms with E-state index in [-0.39, 0.29) is 35.2 Å². The summed E-state index contributed by atoms with van der Waals surface area (Å²) < 4.78 is 25.9. The molecule has 0 aliphatic carbocycles. The van der Waals surface area contributed by atoms with Gasteiger partial charge in [0, 0.05) is 18.6 Å². The van der Waals surface area contributed by atoms with Gasteiger partial charge in [-0.25, -0.2) is 8.42 Å². The molecule has 0 bridgehead atoms. The van der Waals surface area contributed by atoms with Crippen molar-refractivity contribution in [2.75, 3.05) is 33.2 Å². The van der Waals surface area contributed by atoms with Crippen LogP contribution in [0.5, 0.6) is 0 Å². The average molecular weight is 410 g/mol. The highest BCUT2D eigenvalue weighted by Gasteiger charge is 2.28. The van der Waals surface area contributed by atoms with Gasteiger partial charge >= 0.3 is 0 Å². The van der Waals surface area contributed by atoms with Crippen LogP contribution in [0.25, 0.3) is 0 Å². The van der Waals surface area contributed by atoms with E-state index in [0.29, 0.717) is 11.6 Å². The number of carbonyl (C=O) groups excluding carboxylic acids is 1. The van der Waals surface area contributed by atoms with E-state index in [1.165, 1.54) is 31.3 Å². The van der Waals surface area contributed by atoms with Crippen LogP contribution in [0.15, 0.2) is 29.2 Å². The second-order valence-electron chi connectivity index (χ2n) is 6.55. The van der Waals surface area contributed by atoms with Crippen LogP contribution < -0.4 is 10.6 Å². The largest absolute Gasteiger partial charge is 0.354 e. The third-order valence-electron chi connectivity index (χ3n) is 4.41. The number of hydrogen-bond acceptors (Lipinski definition) is 4. The van der Waals surface area contributed by atoms with E-state index in [2.05, 4.69) is 17.6 Å². The number of carbonyl (C=O) groups is 1. The SMILES string of the molecule is CN(CC(=O)NCC1(C)CCNCC1)S(=O)(=O)c1ccc(Cl)cc1.Cl. The van der Waals surface area contributed by atoms with E-state index in [0.717, 1.165) is 30.2 Å². The Labute approximate surface area is 160 Å². The van der Waals surface area contributed by atoms with Crippen LogP contribution in [0.3, 0.4) is 0 Å². The molecule has 0 radical (unpaired) electrons. The molecule has 1 aromatic rings. The second kappa shape index (κ2) is 9.19. The zero-order valence-electron chi connectivity index (χ0n) is 14.4. The first-order valence-electron chi connectivity index (χ1n) is 7.92. The Kier molecular flexibility index (Phi) is 8.15. The van der Waals surface area contributed by atoms with E-state index in [9.17, 15) is 13.2 Å². The highest BCUT2D eigenvalue weighted by molar-refractivity contribution is 7.89. The number of sulfonamides is 1. The lowest BCUT2D eigenvalue weighted by Crippen LogP contribution is -2.45. The Balaban J connectivity index is 0.00000312. The molecule has 1 saturated heterocycles. The van der Waals surface area contributed by atoms with Gasteiger partial charge in [0.05, 0.1) is 11.4 Å². The first kappa shape index (κ1) is 22.2. The summed E-state index contributed by atoms with van der Waals surface area (Å²) in [7, 11) is -2.31. The maximum Gasteiger partial charge on any atom is 0.243 e. The first-order valence-corrected chi connectivity index (χ1v) is 9.74. The predicted molar refractivity (Wildman–Crippen MR) is 102 cm³/mol. The van der Waals surface area contributed by atoms with Gasteiger partial charge in [0.25, 0.3) is 0 Å². The molecule has 0 saturated carbocycles. The molecule has 2 N–H and O–H groups in total. The van der Waals surface area contributed by atoms with Gasteiger partial charge in [-0.05, 0) is 55.6 Å². The Morgan fingerprint density at radius 3 is 2.40 bits per heavy atom. The smallest absolute Gasteiger partial charge is 0.243 e. The fourth-order valence-corrected chi connectivity index (χ4v) is 3.90. The highest BCUT2D eigenvalue weighted by atomic mass is 35.5. The molecular weight excluding hydrogens is 385 g/mol. The van der Waals surface area contributed by atoms with E-state index >= 15 is 0 Å². The van der Waals surface area contributed by atoms with Gasteiger partial charge in [0.2, 0.25) is 15.9 Å². The van der Waals surface area contributed by atoms with Gasteiger partial charge in [0.1, 0.15) is 0 Å². The molecule has 2 rings (SSSR count). The molecule has 1 aromatic carbocycles. The van der Waals surface area contributed by atoms with Crippen molar-refractivity contribution < 1.29 is 13.2 Å². The Hall–Kier alpha value is -0.860. The number of rotatable bonds is 6. The fraction of sp³-hybridized carbons (Fsp3) is 0.562. The van der Waals surface area contributed by atoms with E-state index in [1.807, 2.05) is 0 Å². The van der Waals surface area contributed by atoms with Gasteiger partial charge in [-0.1, -0.05) is 18.5 Å². The molecule has 1 aliphatic heterocycles. The third kappa shape index (κ3) is 6.11. The molecule has 0 atom stereocenters. The number of halogens is 2. The van der Waals surface area contributed by atoms with Crippen molar-refractivity contribution in [1.29, 1.82) is 0 Å². The highest BCUT2D eigenvalue weighted by Crippen LogP contribution is 2.26. The van der Waals surface area contributed by atoms with Crippen LogP contribution in [0.1, 0.15) is 19.8 Å². The maximum atomic E-state index is 12.4. The van der Waals surface area contributed by atoms with Crippen LogP contribution in [0.4, 0.5) is 0 Å². The minimum Gasteiger partial charge on any atom is -0.354 e. The van der Waals surface area contributed by atoms with Crippen LogP contribution >= 0.6 is 24.0 Å². The van der Waals surface area contributed by atoms with Gasteiger partial charge in [0.15, 0.2) is 0 Å². The number of hydrogen-bond donors (Lipinski definition) is 2. The number of nitrogens with zero attached hydrogens (tertiary/aromatic N) is 1. The Bertz CT molecular complexity index is 674. The van der Waals surface area contributed by atoms with Crippen LogP contribution in [-0.2, 0) is 14.8 Å². The minimum atomic E-state index is -3.71. The summed E-state index contributed by atoms with van der Waals surface area (Å²) in [4.78, 5) is 12.2. The summed E-state index contributed by atoms with van der Waals surface area (Å²) in [5.74, 6) is -0.296. The summed E-state index contributed by atoms with van der Waals surface area (Å²) in [6, 6.07) is 5.89. The van der Waals surface area contributed by atoms with Gasteiger partial charge < -0.3 is 10.6 Å². The van der Waals surface area contributed by atoms with Crippen molar-refractivity contribution in [1.82, 2.24) is 14.9 Å². The number of benzene rings is 1. The van der Waals surface area contributed by atoms with Gasteiger partial charge in [-0.3, -0.25) is 4.79 Å². The molecule has 1 amide bonds. The number of piperidine rings is 1. The number of likely N-dealkylation sites (N-methyl/N-ethyl adjacent to an activating group) is 1. The number of nitrogens with one attached hydrogen (secondary N) is 2. The topological polar surface area (TPSA) is 78.5 Å². The Morgan fingerprint density at radius 1 is 1.28 bits per heavy atom. The minimum absolute atomic E-state index is 0. The first-order chi connectivity index (χ1) is 11.2. The van der Waals surface area contributed by atoms with Crippen LogP contribution in [0.2, 0.25) is 5.02 Å². The zero-order chi connectivity index (χ0) is 17.8. The summed E-state index contributed by atoms with van der Waals surface area (Å²) in [6.45, 7) is 4.37. The lowest BCUT2D eigenvalue weighted by Gasteiger charge is -2.34. The standard InChI is InChI=1S/C16H24ClN3O3S.ClH/c1-16(7-9-18-10-8-16)12-19-15(21)11-20(2)24(22,23)14-5-3-13(17)4-6-14;/h3-6,18H,7-12H2,1-2H3,(H,19,21);1H. The van der Waals surface area contributed by atoms with E-state index < -0.39 is 10.0 Å². The molecule has 0 spiro atoms. The lowest BCUT2D eigenvalue weighted by molar-refractivity contribution is -0.121. The fourth-order valence-electron chi connectivity index (χ4n) is 2.65. The maximum absolute atomic E-state index is 12.4. The summed E-state index contributed by atoms with van der Waals surface area (Å²) in [6.07, 6.45) is 1.98. The molecule has 142 valence electrons. The zero-order valence-corrected chi connectivity index (χ0v) is 16.8. The van der Waals surface area contributed by atoms with Crippen LogP contribution in [-0.4, -0.2) is 51.9 Å². The van der Waals surface area contributed by atoms with Crippen molar-refractivity contribution in [3.05, 3.63) is 29.3 Å². The molecule has 9 heteroatoms. The predicted octanol–water partition coefficient (Wildman–Crippen LogP) is 1.89. The van der Waals surface area contributed by atoms with Crippen LogP contribution in [0, 0.1) is 5.41 Å². The van der Waals surface area contributed by atoms with Crippen molar-refractivity contribution in [2.24, 2.45) is 5.41 Å². The average Bonchev–Trinajstić information content (AvgIpc) is 2.54. The van der Waals surface area contributed by atoms with Crippen molar-refractivity contribution >= 4 is 39.9 Å². The molecule has 6 nitrogen and oxygen atoms in total. The van der Waals surface area contributed by atoms with Gasteiger partial charge in [-0.15, -0.1) is 12.4 Å². The van der Waals surface area contributed by atoms with Crippen molar-refractivity contribution in [3.8, 4) is 0 Å². The lowest BCUT2D eigenvalue weighted by atomic mass is 9.81. The quantitative estimate of drug-likeness (QED) is 0.751. The van der Waals surface area contributed by atoms with Gasteiger partial charge in [-0.2, -0.15) is 4.31 Å². The molecule has 1 aliphatic rings. The van der Waals surface area contributed by atoms with E-state index in [4.69, 9.17) is 11.6 Å². The second-order valence-corrected chi connectivity index (χ2v) is 9.03. The summed E-state index contributed by atoms with van der Waals surface area (Å²) in [5.41, 5.74) is 0.0640. The molecular formula is C16H25Cl2N3O3S. The molecule has 1 heterocycles. The monoisotopic (exact) mass is 409 g/mol. The molecule has 0 aromatic heterocycles. The molecule has 25 heavy (non-hydrogen) atoms. The summed E-state index contributed by atoms with van der Waals surface area (Å²) >= 11 is 5.78. The third-order valence-corrected chi connectivity index (χ3v) is 6.48.